The van der Waals surface area contributed by atoms with Crippen molar-refractivity contribution >= 4 is 0 Å². The zero-order valence-electron chi connectivity index (χ0n) is 3.66. The molecule has 0 aromatic carbocycles. The molecule has 0 amide bonds. The molecule has 1 aliphatic rings. The third-order valence-corrected chi connectivity index (χ3v) is 0.947. The van der Waals surface area contributed by atoms with Gasteiger partial charge < -0.3 is 4.74 Å². The summed E-state index contributed by atoms with van der Waals surface area (Å²) in [5.74, 6) is -0.556. The van der Waals surface area contributed by atoms with Crippen LogP contribution in [-0.2, 0) is 4.74 Å². The van der Waals surface area contributed by atoms with Crippen LogP contribution in [0.15, 0.2) is 0 Å². The topological polar surface area (TPSA) is 9.23 Å². The van der Waals surface area contributed by atoms with Crippen molar-refractivity contribution in [1.29, 1.82) is 0 Å². The predicted molar refractivity (Wildman–Crippen MR) is 19.8 cm³/mol. The minimum atomic E-state index is -1.49. The SMILES string of the molecule is F[C](F)C1COC1. The van der Waals surface area contributed by atoms with E-state index < -0.39 is 12.3 Å². The number of ether oxygens (including phenoxy) is 1. The first kappa shape index (κ1) is 4.97. The van der Waals surface area contributed by atoms with Crippen molar-refractivity contribution < 1.29 is 13.5 Å². The summed E-state index contributed by atoms with van der Waals surface area (Å²) in [6, 6.07) is 0. The van der Waals surface area contributed by atoms with Gasteiger partial charge in [0.05, 0.1) is 19.1 Å². The minimum Gasteiger partial charge on any atom is -0.380 e. The second-order valence-corrected chi connectivity index (χ2v) is 1.52. The van der Waals surface area contributed by atoms with Crippen LogP contribution < -0.4 is 0 Å². The van der Waals surface area contributed by atoms with Crippen molar-refractivity contribution in [2.24, 2.45) is 5.92 Å². The van der Waals surface area contributed by atoms with E-state index in [9.17, 15) is 8.78 Å². The zero-order valence-corrected chi connectivity index (χ0v) is 3.66. The van der Waals surface area contributed by atoms with Crippen LogP contribution in [0.1, 0.15) is 0 Å². The van der Waals surface area contributed by atoms with Crippen LogP contribution in [0.4, 0.5) is 8.78 Å². The molecule has 0 bridgehead atoms. The molecule has 3 heteroatoms. The summed E-state index contributed by atoms with van der Waals surface area (Å²) in [7, 11) is 0. The fourth-order valence-corrected chi connectivity index (χ4v) is 0.362. The summed E-state index contributed by atoms with van der Waals surface area (Å²) < 4.78 is 27.1. The molecule has 7 heavy (non-hydrogen) atoms. The summed E-state index contributed by atoms with van der Waals surface area (Å²) in [6.45, 7) is 0.421. The third kappa shape index (κ3) is 0.881. The van der Waals surface area contributed by atoms with Crippen LogP contribution in [-0.4, -0.2) is 13.2 Å². The Morgan fingerprint density at radius 1 is 1.43 bits per heavy atom. The van der Waals surface area contributed by atoms with E-state index in [2.05, 4.69) is 4.74 Å². The lowest BCUT2D eigenvalue weighted by atomic mass is 10.1. The van der Waals surface area contributed by atoms with Gasteiger partial charge in [0.15, 0.2) is 0 Å². The highest BCUT2D eigenvalue weighted by Gasteiger charge is 2.29. The molecule has 0 aromatic heterocycles. The Morgan fingerprint density at radius 3 is 2.00 bits per heavy atom. The van der Waals surface area contributed by atoms with Crippen molar-refractivity contribution in [3.05, 3.63) is 6.43 Å². The maximum absolute atomic E-state index is 11.3. The Labute approximate surface area is 40.3 Å². The fourth-order valence-electron chi connectivity index (χ4n) is 0.362. The lowest BCUT2D eigenvalue weighted by Crippen LogP contribution is -2.29. The molecule has 0 saturated carbocycles. The molecule has 0 spiro atoms. The highest BCUT2D eigenvalue weighted by molar-refractivity contribution is 4.78. The van der Waals surface area contributed by atoms with Crippen molar-refractivity contribution in [2.75, 3.05) is 13.2 Å². The summed E-state index contributed by atoms with van der Waals surface area (Å²) in [6.07, 6.45) is -1.49. The van der Waals surface area contributed by atoms with Gasteiger partial charge in [-0.15, -0.1) is 0 Å². The van der Waals surface area contributed by atoms with Gasteiger partial charge in [0.1, 0.15) is 0 Å². The van der Waals surface area contributed by atoms with Crippen molar-refractivity contribution in [2.45, 2.75) is 0 Å². The second kappa shape index (κ2) is 1.74. The van der Waals surface area contributed by atoms with Gasteiger partial charge in [-0.25, -0.2) is 0 Å². The predicted octanol–water partition coefficient (Wildman–Crippen LogP) is 1.06. The molecule has 0 atom stereocenters. The molecule has 0 unspecified atom stereocenters. The Hall–Kier alpha value is -0.180. The normalized spacial score (nSPS) is 22.7. The largest absolute Gasteiger partial charge is 0.380 e. The van der Waals surface area contributed by atoms with Crippen LogP contribution >= 0.6 is 0 Å². The maximum Gasteiger partial charge on any atom is 0.317 e. The van der Waals surface area contributed by atoms with Gasteiger partial charge in [-0.3, -0.25) is 0 Å². The van der Waals surface area contributed by atoms with Crippen LogP contribution in [0.2, 0.25) is 0 Å². The molecular weight excluding hydrogens is 102 g/mol. The summed E-state index contributed by atoms with van der Waals surface area (Å²) in [4.78, 5) is 0. The van der Waals surface area contributed by atoms with Crippen LogP contribution in [0.3, 0.4) is 0 Å². The molecule has 1 rings (SSSR count). The molecule has 0 aliphatic carbocycles. The van der Waals surface area contributed by atoms with E-state index in [1.165, 1.54) is 0 Å². The summed E-state index contributed by atoms with van der Waals surface area (Å²) >= 11 is 0. The van der Waals surface area contributed by atoms with E-state index in [-0.39, 0.29) is 13.2 Å². The molecule has 1 heterocycles. The molecule has 0 N–H and O–H groups in total. The Morgan fingerprint density at radius 2 is 2.00 bits per heavy atom. The molecule has 1 nitrogen and oxygen atoms in total. The monoisotopic (exact) mass is 107 g/mol. The first-order valence-corrected chi connectivity index (χ1v) is 2.06. The molecule has 1 saturated heterocycles. The summed E-state index contributed by atoms with van der Waals surface area (Å²) in [5, 5.41) is 0. The van der Waals surface area contributed by atoms with Gasteiger partial charge in [0.2, 0.25) is 0 Å². The first-order chi connectivity index (χ1) is 3.30. The van der Waals surface area contributed by atoms with Gasteiger partial charge in [-0.2, -0.15) is 8.78 Å². The van der Waals surface area contributed by atoms with Gasteiger partial charge in [-0.05, 0) is 0 Å². The summed E-state index contributed by atoms with van der Waals surface area (Å²) in [5.41, 5.74) is 0. The smallest absolute Gasteiger partial charge is 0.317 e. The number of rotatable bonds is 1. The van der Waals surface area contributed by atoms with E-state index >= 15 is 0 Å². The molecule has 1 aliphatic heterocycles. The number of hydrogen-bond acceptors (Lipinski definition) is 1. The second-order valence-electron chi connectivity index (χ2n) is 1.52. The minimum absolute atomic E-state index is 0.211. The average molecular weight is 107 g/mol. The lowest BCUT2D eigenvalue weighted by Gasteiger charge is -2.23. The number of halogens is 2. The molecule has 1 fully saturated rings. The van der Waals surface area contributed by atoms with E-state index in [0.29, 0.717) is 0 Å². The van der Waals surface area contributed by atoms with Crippen molar-refractivity contribution in [3.8, 4) is 0 Å². The van der Waals surface area contributed by atoms with E-state index in [1.807, 2.05) is 0 Å². The fraction of sp³-hybridized carbons (Fsp3) is 0.750. The van der Waals surface area contributed by atoms with Gasteiger partial charge >= 0.3 is 6.43 Å². The zero-order chi connectivity index (χ0) is 5.28. The maximum atomic E-state index is 11.3. The average Bonchev–Trinajstić information content (AvgIpc) is 1.23. The molecule has 41 valence electrons. The van der Waals surface area contributed by atoms with E-state index in [0.717, 1.165) is 0 Å². The molecule has 1 radical (unpaired) electrons. The molecular formula is C4H5F2O. The van der Waals surface area contributed by atoms with E-state index in [1.54, 1.807) is 0 Å². The van der Waals surface area contributed by atoms with Crippen LogP contribution in [0, 0.1) is 12.3 Å². The molecule has 0 aromatic rings. The van der Waals surface area contributed by atoms with Crippen molar-refractivity contribution in [3.63, 3.8) is 0 Å². The first-order valence-electron chi connectivity index (χ1n) is 2.06. The highest BCUT2D eigenvalue weighted by Crippen LogP contribution is 2.24. The standard InChI is InChI=1S/C4H5F2O/c5-4(6)3-1-7-2-3/h3H,1-2H2. The van der Waals surface area contributed by atoms with Gasteiger partial charge in [-0.1, -0.05) is 0 Å². The quantitative estimate of drug-likeness (QED) is 0.486. The Kier molecular flexibility index (Phi) is 1.23. The Balaban J connectivity index is 2.14. The lowest BCUT2D eigenvalue weighted by molar-refractivity contribution is -0.0606. The number of hydrogen-bond donors (Lipinski definition) is 0. The van der Waals surface area contributed by atoms with Crippen molar-refractivity contribution in [1.82, 2.24) is 0 Å². The van der Waals surface area contributed by atoms with Gasteiger partial charge in [0, 0.05) is 0 Å². The van der Waals surface area contributed by atoms with E-state index in [4.69, 9.17) is 0 Å². The highest BCUT2D eigenvalue weighted by atomic mass is 19.3. The Bertz CT molecular complexity index is 60.7. The third-order valence-electron chi connectivity index (χ3n) is 0.947. The van der Waals surface area contributed by atoms with Crippen LogP contribution in [0.5, 0.6) is 0 Å². The van der Waals surface area contributed by atoms with Crippen LogP contribution in [0.25, 0.3) is 0 Å². The van der Waals surface area contributed by atoms with Gasteiger partial charge in [0.25, 0.3) is 0 Å².